The van der Waals surface area contributed by atoms with E-state index in [4.69, 9.17) is 4.42 Å². The summed E-state index contributed by atoms with van der Waals surface area (Å²) in [6.45, 7) is 4.25. The number of furan rings is 1. The quantitative estimate of drug-likeness (QED) is 0.618. The van der Waals surface area contributed by atoms with Crippen molar-refractivity contribution in [3.05, 3.63) is 53.9 Å². The fraction of sp³-hybridized carbons (Fsp3) is 0.462. The van der Waals surface area contributed by atoms with Crippen LogP contribution in [0, 0.1) is 6.92 Å². The van der Waals surface area contributed by atoms with Gasteiger partial charge in [-0.25, -0.2) is 0 Å². The Balaban J connectivity index is 1.56. The van der Waals surface area contributed by atoms with Crippen LogP contribution in [0.2, 0.25) is 0 Å². The van der Waals surface area contributed by atoms with E-state index >= 15 is 0 Å². The van der Waals surface area contributed by atoms with E-state index in [0.29, 0.717) is 17.8 Å². The molecule has 2 aromatic heterocycles. The summed E-state index contributed by atoms with van der Waals surface area (Å²) in [6.07, 6.45) is 9.64. The van der Waals surface area contributed by atoms with Crippen LogP contribution in [-0.2, 0) is 11.3 Å². The summed E-state index contributed by atoms with van der Waals surface area (Å²) in [5, 5.41) is 3.33. The minimum Gasteiger partial charge on any atom is -0.463 e. The van der Waals surface area contributed by atoms with Crippen molar-refractivity contribution in [3.63, 3.8) is 0 Å². The van der Waals surface area contributed by atoms with Crippen molar-refractivity contribution in [1.29, 1.82) is 0 Å². The topological polar surface area (TPSA) is 67.5 Å². The Labute approximate surface area is 188 Å². The average molecular weight is 434 g/mol. The number of nitrogens with zero attached hydrogens (tertiary/aromatic N) is 2. The molecule has 6 nitrogen and oxygen atoms in total. The molecular formula is C26H31N3O3. The molecule has 1 aliphatic heterocycles. The second-order valence-corrected chi connectivity index (χ2v) is 9.50. The van der Waals surface area contributed by atoms with Crippen LogP contribution in [0.15, 0.2) is 47.1 Å². The van der Waals surface area contributed by atoms with Gasteiger partial charge in [0.05, 0.1) is 18.3 Å². The number of fused-ring (bicyclic) bond motifs is 3. The Kier molecular flexibility index (Phi) is 5.31. The van der Waals surface area contributed by atoms with Gasteiger partial charge in [0.15, 0.2) is 5.58 Å². The first-order chi connectivity index (χ1) is 15.5. The second-order valence-electron chi connectivity index (χ2n) is 9.50. The first-order valence-corrected chi connectivity index (χ1v) is 11.8. The molecule has 1 saturated carbocycles. The first-order valence-electron chi connectivity index (χ1n) is 11.8. The molecule has 3 heterocycles. The molecule has 6 heteroatoms. The third-order valence-corrected chi connectivity index (χ3v) is 7.19. The number of carbonyl (C=O) groups is 2. The zero-order valence-electron chi connectivity index (χ0n) is 18.9. The molecule has 1 fully saturated rings. The zero-order valence-corrected chi connectivity index (χ0v) is 18.9. The number of hydrogen-bond acceptors (Lipinski definition) is 3. The van der Waals surface area contributed by atoms with Crippen LogP contribution in [0.25, 0.3) is 11.1 Å². The molecule has 0 saturated heterocycles. The van der Waals surface area contributed by atoms with Crippen LogP contribution >= 0.6 is 0 Å². The van der Waals surface area contributed by atoms with Crippen LogP contribution in [0.1, 0.15) is 67.9 Å². The molecule has 1 atom stereocenters. The van der Waals surface area contributed by atoms with E-state index in [0.717, 1.165) is 42.5 Å². The zero-order chi connectivity index (χ0) is 22.3. The van der Waals surface area contributed by atoms with Crippen molar-refractivity contribution in [2.75, 3.05) is 4.90 Å². The van der Waals surface area contributed by atoms with Crippen molar-refractivity contribution in [2.45, 2.75) is 76.9 Å². The van der Waals surface area contributed by atoms with Gasteiger partial charge in [0.25, 0.3) is 5.91 Å². The van der Waals surface area contributed by atoms with E-state index in [1.54, 1.807) is 17.2 Å². The summed E-state index contributed by atoms with van der Waals surface area (Å²) in [5.74, 6) is -0.261. The number of hydrogen-bond donors (Lipinski definition) is 1. The molecule has 2 aliphatic rings. The molecule has 1 aliphatic carbocycles. The lowest BCUT2D eigenvalue weighted by atomic mass is 9.91. The van der Waals surface area contributed by atoms with Gasteiger partial charge >= 0.3 is 0 Å². The van der Waals surface area contributed by atoms with E-state index in [9.17, 15) is 9.59 Å². The summed E-state index contributed by atoms with van der Waals surface area (Å²) in [5.41, 5.74) is 2.76. The monoisotopic (exact) mass is 433 g/mol. The van der Waals surface area contributed by atoms with E-state index in [2.05, 4.69) is 5.32 Å². The highest BCUT2D eigenvalue weighted by atomic mass is 16.3. The van der Waals surface area contributed by atoms with Crippen molar-refractivity contribution in [3.8, 4) is 0 Å². The van der Waals surface area contributed by atoms with Gasteiger partial charge in [0, 0.05) is 23.9 Å². The Morgan fingerprint density at radius 1 is 1.09 bits per heavy atom. The predicted molar refractivity (Wildman–Crippen MR) is 125 cm³/mol. The summed E-state index contributed by atoms with van der Waals surface area (Å²) in [4.78, 5) is 29.4. The van der Waals surface area contributed by atoms with Crippen molar-refractivity contribution in [2.24, 2.45) is 0 Å². The maximum Gasteiger partial charge on any atom is 0.276 e. The van der Waals surface area contributed by atoms with Gasteiger partial charge in [-0.3, -0.25) is 14.5 Å². The lowest BCUT2D eigenvalue weighted by Gasteiger charge is -2.45. The SMILES string of the molecule is Cc1ccccc1N1C(=O)c2cc3occc3n2C[C@]1(C)C(=O)NC1CCCCCCC1. The van der Waals surface area contributed by atoms with Crippen LogP contribution in [-0.4, -0.2) is 28.0 Å². The van der Waals surface area contributed by atoms with Crippen LogP contribution < -0.4 is 10.2 Å². The smallest absolute Gasteiger partial charge is 0.276 e. The molecule has 2 amide bonds. The lowest BCUT2D eigenvalue weighted by Crippen LogP contribution is -2.65. The molecule has 3 aromatic rings. The second kappa shape index (κ2) is 8.15. The average Bonchev–Trinajstić information content (AvgIpc) is 3.34. The van der Waals surface area contributed by atoms with Gasteiger partial charge in [-0.15, -0.1) is 0 Å². The number of rotatable bonds is 3. The highest BCUT2D eigenvalue weighted by Gasteiger charge is 2.49. The molecule has 32 heavy (non-hydrogen) atoms. The van der Waals surface area contributed by atoms with Crippen molar-refractivity contribution >= 4 is 28.6 Å². The van der Waals surface area contributed by atoms with Gasteiger partial charge in [-0.2, -0.15) is 0 Å². The number of amides is 2. The van der Waals surface area contributed by atoms with Gasteiger partial charge in [-0.05, 0) is 38.3 Å². The summed E-state index contributed by atoms with van der Waals surface area (Å²) < 4.78 is 7.51. The van der Waals surface area contributed by atoms with E-state index in [1.807, 2.05) is 48.7 Å². The summed E-state index contributed by atoms with van der Waals surface area (Å²) >= 11 is 0. The number of anilines is 1. The molecule has 0 spiro atoms. The van der Waals surface area contributed by atoms with Crippen molar-refractivity contribution in [1.82, 2.24) is 9.88 Å². The Bertz CT molecular complexity index is 1150. The molecule has 1 aromatic carbocycles. The number of nitrogens with one attached hydrogen (secondary N) is 1. The molecular weight excluding hydrogens is 402 g/mol. The van der Waals surface area contributed by atoms with Gasteiger partial charge in [0.2, 0.25) is 5.91 Å². The van der Waals surface area contributed by atoms with Crippen LogP contribution in [0.4, 0.5) is 5.69 Å². The molecule has 0 unspecified atom stereocenters. The van der Waals surface area contributed by atoms with Gasteiger partial charge in [-0.1, -0.05) is 50.3 Å². The van der Waals surface area contributed by atoms with Crippen molar-refractivity contribution < 1.29 is 14.0 Å². The number of aryl methyl sites for hydroxylation is 1. The number of benzene rings is 1. The summed E-state index contributed by atoms with van der Waals surface area (Å²) in [6, 6.07) is 11.6. The molecule has 5 rings (SSSR count). The van der Waals surface area contributed by atoms with Crippen LogP contribution in [0.3, 0.4) is 0 Å². The predicted octanol–water partition coefficient (Wildman–Crippen LogP) is 5.19. The third kappa shape index (κ3) is 3.42. The largest absolute Gasteiger partial charge is 0.463 e. The third-order valence-electron chi connectivity index (χ3n) is 7.19. The van der Waals surface area contributed by atoms with Gasteiger partial charge in [0.1, 0.15) is 11.2 Å². The fourth-order valence-corrected chi connectivity index (χ4v) is 5.35. The maximum absolute atomic E-state index is 13.9. The Morgan fingerprint density at radius 2 is 1.81 bits per heavy atom. The van der Waals surface area contributed by atoms with Gasteiger partial charge < -0.3 is 14.3 Å². The molecule has 1 N–H and O–H groups in total. The standard InChI is InChI=1S/C26H31N3O3/c1-18-10-8-9-13-20(18)29-24(30)22-16-23-21(14-15-32-23)28(22)17-26(29,2)25(31)27-19-11-6-4-3-5-7-12-19/h8-10,13-16,19H,3-7,11-12,17H2,1-2H3,(H,27,31)/t26-/m1/s1. The maximum atomic E-state index is 13.9. The highest BCUT2D eigenvalue weighted by molar-refractivity contribution is 6.14. The lowest BCUT2D eigenvalue weighted by molar-refractivity contribution is -0.127. The fourth-order valence-electron chi connectivity index (χ4n) is 5.35. The van der Waals surface area contributed by atoms with E-state index < -0.39 is 5.54 Å². The highest BCUT2D eigenvalue weighted by Crippen LogP contribution is 2.37. The normalized spacial score (nSPS) is 22.4. The summed E-state index contributed by atoms with van der Waals surface area (Å²) in [7, 11) is 0. The number of carbonyl (C=O) groups excluding carboxylic acids is 2. The van der Waals surface area contributed by atoms with E-state index in [1.165, 1.54) is 19.3 Å². The minimum absolute atomic E-state index is 0.0873. The number of aromatic nitrogens is 1. The molecule has 168 valence electrons. The van der Waals surface area contributed by atoms with Crippen LogP contribution in [0.5, 0.6) is 0 Å². The van der Waals surface area contributed by atoms with E-state index in [-0.39, 0.29) is 17.9 Å². The minimum atomic E-state index is -1.05. The number of para-hydroxylation sites is 1. The Hall–Kier alpha value is -3.02. The molecule has 0 radical (unpaired) electrons. The Morgan fingerprint density at radius 3 is 2.56 bits per heavy atom. The first kappa shape index (κ1) is 20.9. The molecule has 0 bridgehead atoms.